The van der Waals surface area contributed by atoms with E-state index in [-0.39, 0.29) is 0 Å². The second kappa shape index (κ2) is 3.26. The third kappa shape index (κ3) is 1.75. The fraction of sp³-hybridized carbons (Fsp3) is 0.571. The molecule has 0 aliphatic heterocycles. The van der Waals surface area contributed by atoms with Crippen molar-refractivity contribution >= 4 is 5.69 Å². The van der Waals surface area contributed by atoms with E-state index in [1.807, 2.05) is 0 Å². The Kier molecular flexibility index (Phi) is 2.29. The van der Waals surface area contributed by atoms with Gasteiger partial charge in [-0.05, 0) is 53.9 Å². The van der Waals surface area contributed by atoms with Crippen molar-refractivity contribution < 1.29 is 0 Å². The van der Waals surface area contributed by atoms with Crippen LogP contribution in [0.1, 0.15) is 37.5 Å². The lowest BCUT2D eigenvalue weighted by Crippen LogP contribution is -2.31. The Balaban J connectivity index is 2.46. The third-order valence-corrected chi connectivity index (χ3v) is 4.09. The molecule has 0 aromatic heterocycles. The summed E-state index contributed by atoms with van der Waals surface area (Å²) in [5, 5.41) is 0. The van der Waals surface area contributed by atoms with Gasteiger partial charge >= 0.3 is 0 Å². The van der Waals surface area contributed by atoms with E-state index in [4.69, 9.17) is 5.73 Å². The minimum absolute atomic E-state index is 0.411. The molecule has 15 heavy (non-hydrogen) atoms. The number of anilines is 1. The van der Waals surface area contributed by atoms with Gasteiger partial charge in [-0.3, -0.25) is 0 Å². The molecule has 0 bridgehead atoms. The van der Waals surface area contributed by atoms with Gasteiger partial charge in [0.05, 0.1) is 0 Å². The summed E-state index contributed by atoms with van der Waals surface area (Å²) in [4.78, 5) is 0. The number of hydrogen-bond donors (Lipinski definition) is 1. The van der Waals surface area contributed by atoms with Gasteiger partial charge in [-0.2, -0.15) is 0 Å². The highest BCUT2D eigenvalue weighted by molar-refractivity contribution is 5.52. The Labute approximate surface area is 92.7 Å². The molecule has 1 nitrogen and oxygen atoms in total. The molecule has 0 heterocycles. The lowest BCUT2D eigenvalue weighted by molar-refractivity contribution is 0.212. The van der Waals surface area contributed by atoms with Crippen LogP contribution in [0, 0.1) is 18.3 Å². The van der Waals surface area contributed by atoms with Crippen molar-refractivity contribution in [3.05, 3.63) is 28.8 Å². The molecule has 0 saturated carbocycles. The van der Waals surface area contributed by atoms with E-state index >= 15 is 0 Å². The zero-order chi connectivity index (χ0) is 11.2. The fourth-order valence-corrected chi connectivity index (χ4v) is 2.46. The Morgan fingerprint density at radius 3 is 2.60 bits per heavy atom. The summed E-state index contributed by atoms with van der Waals surface area (Å²) < 4.78 is 0. The first-order chi connectivity index (χ1) is 6.90. The molecule has 1 atom stereocenters. The van der Waals surface area contributed by atoms with Gasteiger partial charge in [-0.25, -0.2) is 0 Å². The van der Waals surface area contributed by atoms with Crippen LogP contribution in [0.25, 0.3) is 0 Å². The molecule has 1 aliphatic carbocycles. The van der Waals surface area contributed by atoms with Crippen molar-refractivity contribution in [2.24, 2.45) is 11.3 Å². The molecule has 1 unspecified atom stereocenters. The molecule has 0 radical (unpaired) electrons. The highest BCUT2D eigenvalue weighted by Gasteiger charge is 2.31. The van der Waals surface area contributed by atoms with E-state index in [9.17, 15) is 0 Å². The molecule has 2 rings (SSSR count). The topological polar surface area (TPSA) is 26.0 Å². The Morgan fingerprint density at radius 2 is 1.93 bits per heavy atom. The smallest absolute Gasteiger partial charge is 0.0346 e. The van der Waals surface area contributed by atoms with Gasteiger partial charge in [-0.1, -0.05) is 26.8 Å². The first-order valence-corrected chi connectivity index (χ1v) is 5.78. The Hall–Kier alpha value is -0.980. The second-order valence-corrected chi connectivity index (χ2v) is 5.75. The molecule has 0 spiro atoms. The summed E-state index contributed by atoms with van der Waals surface area (Å²) in [5.41, 5.74) is 11.5. The Bertz CT molecular complexity index is 391. The van der Waals surface area contributed by atoms with Gasteiger partial charge in [0.1, 0.15) is 0 Å². The first-order valence-electron chi connectivity index (χ1n) is 5.78. The molecule has 1 heteroatoms. The van der Waals surface area contributed by atoms with Gasteiger partial charge in [0, 0.05) is 5.69 Å². The Morgan fingerprint density at radius 1 is 1.27 bits per heavy atom. The maximum absolute atomic E-state index is 5.97. The lowest BCUT2D eigenvalue weighted by atomic mass is 9.67. The van der Waals surface area contributed by atoms with Gasteiger partial charge in [0.15, 0.2) is 0 Å². The molecule has 1 aliphatic rings. The monoisotopic (exact) mass is 203 g/mol. The number of benzene rings is 1. The number of hydrogen-bond acceptors (Lipinski definition) is 1. The van der Waals surface area contributed by atoms with Crippen LogP contribution in [0.5, 0.6) is 0 Å². The van der Waals surface area contributed by atoms with Crippen LogP contribution in [0.15, 0.2) is 12.1 Å². The van der Waals surface area contributed by atoms with Crippen LogP contribution < -0.4 is 5.73 Å². The average molecular weight is 203 g/mol. The summed E-state index contributed by atoms with van der Waals surface area (Å²) in [5.74, 6) is 0.757. The van der Waals surface area contributed by atoms with Crippen LogP contribution in [0.3, 0.4) is 0 Å². The van der Waals surface area contributed by atoms with Gasteiger partial charge < -0.3 is 5.73 Å². The number of aryl methyl sites for hydroxylation is 1. The molecule has 82 valence electrons. The second-order valence-electron chi connectivity index (χ2n) is 5.75. The fourth-order valence-electron chi connectivity index (χ4n) is 2.46. The van der Waals surface area contributed by atoms with Crippen molar-refractivity contribution in [2.45, 2.75) is 40.5 Å². The predicted molar refractivity (Wildman–Crippen MR) is 65.9 cm³/mol. The average Bonchev–Trinajstić information content (AvgIpc) is 2.11. The highest BCUT2D eigenvalue weighted by atomic mass is 14.6. The van der Waals surface area contributed by atoms with Gasteiger partial charge in [-0.15, -0.1) is 0 Å². The van der Waals surface area contributed by atoms with E-state index in [0.717, 1.165) is 18.0 Å². The molecule has 0 amide bonds. The quantitative estimate of drug-likeness (QED) is 0.643. The molecular formula is C14H21N. The van der Waals surface area contributed by atoms with Gasteiger partial charge in [0.25, 0.3) is 0 Å². The maximum atomic E-state index is 5.97. The number of nitrogens with two attached hydrogens (primary N) is 1. The zero-order valence-electron chi connectivity index (χ0n) is 10.2. The number of fused-ring (bicyclic) bond motifs is 1. The normalized spacial score (nSPS) is 23.6. The molecule has 2 N–H and O–H groups in total. The van der Waals surface area contributed by atoms with E-state index in [2.05, 4.69) is 39.8 Å². The zero-order valence-corrected chi connectivity index (χ0v) is 10.2. The lowest BCUT2D eigenvalue weighted by Gasteiger charge is -2.38. The summed E-state index contributed by atoms with van der Waals surface area (Å²) in [6.45, 7) is 9.17. The van der Waals surface area contributed by atoms with E-state index in [0.29, 0.717) is 5.41 Å². The summed E-state index contributed by atoms with van der Waals surface area (Å²) in [6.07, 6.45) is 2.36. The van der Waals surface area contributed by atoms with Crippen LogP contribution >= 0.6 is 0 Å². The van der Waals surface area contributed by atoms with Crippen molar-refractivity contribution in [2.75, 3.05) is 5.73 Å². The van der Waals surface area contributed by atoms with Crippen molar-refractivity contribution in [3.8, 4) is 0 Å². The van der Waals surface area contributed by atoms with Crippen molar-refractivity contribution in [1.29, 1.82) is 0 Å². The maximum Gasteiger partial charge on any atom is 0.0346 e. The van der Waals surface area contributed by atoms with Crippen LogP contribution in [0.2, 0.25) is 0 Å². The van der Waals surface area contributed by atoms with Gasteiger partial charge in [0.2, 0.25) is 0 Å². The minimum Gasteiger partial charge on any atom is -0.399 e. The summed E-state index contributed by atoms with van der Waals surface area (Å²) >= 11 is 0. The van der Waals surface area contributed by atoms with Crippen molar-refractivity contribution in [1.82, 2.24) is 0 Å². The highest BCUT2D eigenvalue weighted by Crippen LogP contribution is 2.40. The third-order valence-electron chi connectivity index (χ3n) is 4.09. The first kappa shape index (κ1) is 10.5. The molecule has 1 aromatic carbocycles. The van der Waals surface area contributed by atoms with E-state index in [1.165, 1.54) is 23.1 Å². The molecule has 1 aromatic rings. The minimum atomic E-state index is 0.411. The molecular weight excluding hydrogens is 182 g/mol. The number of nitrogen functional groups attached to an aromatic ring is 1. The van der Waals surface area contributed by atoms with Crippen LogP contribution in [-0.4, -0.2) is 0 Å². The molecule has 0 fully saturated rings. The van der Waals surface area contributed by atoms with Crippen molar-refractivity contribution in [3.63, 3.8) is 0 Å². The van der Waals surface area contributed by atoms with E-state index in [1.54, 1.807) is 0 Å². The summed E-state index contributed by atoms with van der Waals surface area (Å²) in [6, 6.07) is 4.45. The summed E-state index contributed by atoms with van der Waals surface area (Å²) in [7, 11) is 0. The predicted octanol–water partition coefficient (Wildman–Crippen LogP) is 3.34. The number of rotatable bonds is 0. The van der Waals surface area contributed by atoms with E-state index < -0.39 is 0 Å². The standard InChI is InChI=1S/C14H21N/c1-9-5-11-6-10(2)14(3,4)8-12(11)7-13(9)15/h5,7,10H,6,8,15H2,1-4H3. The van der Waals surface area contributed by atoms with Crippen LogP contribution in [-0.2, 0) is 12.8 Å². The SMILES string of the molecule is Cc1cc2c(cc1N)CC(C)(C)C(C)C2. The largest absolute Gasteiger partial charge is 0.399 e. The van der Waals surface area contributed by atoms with Crippen LogP contribution in [0.4, 0.5) is 5.69 Å². The molecule has 0 saturated heterocycles.